The molecule has 1 atom stereocenters. The summed E-state index contributed by atoms with van der Waals surface area (Å²) in [7, 11) is 0. The molecule has 6 heteroatoms. The second-order valence-corrected chi connectivity index (χ2v) is 8.31. The van der Waals surface area contributed by atoms with Crippen LogP contribution in [-0.4, -0.2) is 17.5 Å². The zero-order valence-electron chi connectivity index (χ0n) is 18.3. The lowest BCUT2D eigenvalue weighted by Gasteiger charge is -2.11. The first-order valence-electron chi connectivity index (χ1n) is 10.6. The first-order chi connectivity index (χ1) is 15.4. The van der Waals surface area contributed by atoms with Crippen molar-refractivity contribution in [2.45, 2.75) is 33.1 Å². The lowest BCUT2D eigenvalue weighted by molar-refractivity contribution is -0.118. The van der Waals surface area contributed by atoms with E-state index < -0.39 is 0 Å². The smallest absolute Gasteiger partial charge is 0.262 e. The van der Waals surface area contributed by atoms with Gasteiger partial charge in [0.15, 0.2) is 12.2 Å². The highest BCUT2D eigenvalue weighted by Gasteiger charge is 2.13. The maximum Gasteiger partial charge on any atom is 0.262 e. The Morgan fingerprint density at radius 1 is 1.12 bits per heavy atom. The van der Waals surface area contributed by atoms with Crippen molar-refractivity contribution in [1.29, 1.82) is 0 Å². The molecule has 0 saturated carbocycles. The van der Waals surface area contributed by atoms with Crippen LogP contribution in [0.3, 0.4) is 0 Å². The normalized spacial score (nSPS) is 12.0. The Hall–Kier alpha value is -3.31. The number of rotatable bonds is 7. The van der Waals surface area contributed by atoms with Crippen molar-refractivity contribution in [2.24, 2.45) is 0 Å². The maximum atomic E-state index is 12.3. The number of carbonyl (C=O) groups is 1. The van der Waals surface area contributed by atoms with Crippen LogP contribution in [0.15, 0.2) is 65.1 Å². The molecule has 4 rings (SSSR count). The summed E-state index contributed by atoms with van der Waals surface area (Å²) >= 11 is 6.34. The van der Waals surface area contributed by atoms with Gasteiger partial charge in [0.1, 0.15) is 11.3 Å². The quantitative estimate of drug-likeness (QED) is 0.331. The number of nitrogens with zero attached hydrogens (tertiary/aromatic N) is 1. The van der Waals surface area contributed by atoms with Crippen molar-refractivity contribution in [2.75, 3.05) is 11.9 Å². The van der Waals surface area contributed by atoms with Gasteiger partial charge in [0, 0.05) is 5.69 Å². The van der Waals surface area contributed by atoms with Crippen molar-refractivity contribution >= 4 is 34.3 Å². The zero-order valence-corrected chi connectivity index (χ0v) is 19.1. The molecule has 164 valence electrons. The summed E-state index contributed by atoms with van der Waals surface area (Å²) in [6.45, 7) is 6.24. The summed E-state index contributed by atoms with van der Waals surface area (Å²) < 4.78 is 11.5. The van der Waals surface area contributed by atoms with Gasteiger partial charge in [-0.15, -0.1) is 0 Å². The van der Waals surface area contributed by atoms with Crippen LogP contribution >= 0.6 is 11.6 Å². The molecule has 32 heavy (non-hydrogen) atoms. The number of benzene rings is 3. The molecule has 0 aliphatic rings. The predicted octanol–water partition coefficient (Wildman–Crippen LogP) is 6.99. The molecule has 0 radical (unpaired) electrons. The molecule has 0 aliphatic carbocycles. The van der Waals surface area contributed by atoms with E-state index >= 15 is 0 Å². The fourth-order valence-corrected chi connectivity index (χ4v) is 3.70. The van der Waals surface area contributed by atoms with Crippen molar-refractivity contribution < 1.29 is 13.9 Å². The van der Waals surface area contributed by atoms with Crippen LogP contribution < -0.4 is 10.1 Å². The van der Waals surface area contributed by atoms with Gasteiger partial charge >= 0.3 is 0 Å². The van der Waals surface area contributed by atoms with E-state index in [1.54, 1.807) is 18.2 Å². The molecule has 1 amide bonds. The van der Waals surface area contributed by atoms with Crippen LogP contribution in [0.5, 0.6) is 5.75 Å². The number of halogens is 1. The lowest BCUT2D eigenvalue weighted by atomic mass is 9.99. The molecule has 0 aliphatic heterocycles. The Morgan fingerprint density at radius 2 is 1.91 bits per heavy atom. The average molecular weight is 449 g/mol. The van der Waals surface area contributed by atoms with Gasteiger partial charge in [-0.2, -0.15) is 0 Å². The number of hydrogen-bond donors (Lipinski definition) is 1. The van der Waals surface area contributed by atoms with E-state index in [-0.39, 0.29) is 12.5 Å². The number of aromatic nitrogens is 1. The molecular weight excluding hydrogens is 424 g/mol. The largest absolute Gasteiger partial charge is 0.484 e. The number of fused-ring (bicyclic) bond motifs is 1. The lowest BCUT2D eigenvalue weighted by Crippen LogP contribution is -2.20. The third-order valence-corrected chi connectivity index (χ3v) is 5.77. The topological polar surface area (TPSA) is 64.4 Å². The highest BCUT2D eigenvalue weighted by atomic mass is 35.5. The van der Waals surface area contributed by atoms with Crippen molar-refractivity contribution in [3.8, 4) is 17.2 Å². The van der Waals surface area contributed by atoms with Crippen LogP contribution in [0.2, 0.25) is 5.02 Å². The molecular formula is C26H25ClN2O3. The summed E-state index contributed by atoms with van der Waals surface area (Å²) in [5, 5.41) is 3.42. The van der Waals surface area contributed by atoms with Crippen LogP contribution in [0.1, 0.15) is 37.3 Å². The first kappa shape index (κ1) is 21.9. The average Bonchev–Trinajstić information content (AvgIpc) is 3.20. The van der Waals surface area contributed by atoms with E-state index in [4.69, 9.17) is 20.8 Å². The Balaban J connectivity index is 1.41. The van der Waals surface area contributed by atoms with Crippen LogP contribution in [0.25, 0.3) is 22.6 Å². The predicted molar refractivity (Wildman–Crippen MR) is 128 cm³/mol. The molecule has 0 unspecified atom stereocenters. The minimum absolute atomic E-state index is 0.0796. The maximum absolute atomic E-state index is 12.3. The van der Waals surface area contributed by atoms with E-state index in [9.17, 15) is 4.79 Å². The summed E-state index contributed by atoms with van der Waals surface area (Å²) in [6.07, 6.45) is 1.08. The molecule has 4 aromatic rings. The minimum atomic E-state index is -0.249. The van der Waals surface area contributed by atoms with E-state index in [2.05, 4.69) is 24.1 Å². The minimum Gasteiger partial charge on any atom is -0.484 e. The number of hydrogen-bond acceptors (Lipinski definition) is 4. The summed E-state index contributed by atoms with van der Waals surface area (Å²) in [4.78, 5) is 16.9. The summed E-state index contributed by atoms with van der Waals surface area (Å²) in [5.41, 5.74) is 4.92. The van der Waals surface area contributed by atoms with Crippen LogP contribution in [0, 0.1) is 6.92 Å². The highest BCUT2D eigenvalue weighted by molar-refractivity contribution is 6.33. The van der Waals surface area contributed by atoms with Gasteiger partial charge in [-0.3, -0.25) is 4.79 Å². The molecule has 0 saturated heterocycles. The van der Waals surface area contributed by atoms with Gasteiger partial charge in [-0.25, -0.2) is 4.98 Å². The van der Waals surface area contributed by atoms with Gasteiger partial charge in [-0.05, 0) is 72.9 Å². The Bertz CT molecular complexity index is 1250. The van der Waals surface area contributed by atoms with Gasteiger partial charge < -0.3 is 14.5 Å². The number of ether oxygens (including phenoxy) is 1. The number of aryl methyl sites for hydroxylation is 1. The molecule has 1 heterocycles. The second kappa shape index (κ2) is 9.45. The monoisotopic (exact) mass is 448 g/mol. The van der Waals surface area contributed by atoms with Crippen molar-refractivity contribution in [3.05, 3.63) is 76.8 Å². The summed E-state index contributed by atoms with van der Waals surface area (Å²) in [6, 6.07) is 18.9. The fourth-order valence-electron chi connectivity index (χ4n) is 3.39. The van der Waals surface area contributed by atoms with E-state index in [0.717, 1.165) is 17.5 Å². The number of amides is 1. The van der Waals surface area contributed by atoms with Crippen molar-refractivity contribution in [1.82, 2.24) is 4.98 Å². The molecule has 0 spiro atoms. The molecule has 1 aromatic heterocycles. The van der Waals surface area contributed by atoms with E-state index in [1.807, 2.05) is 49.4 Å². The summed E-state index contributed by atoms with van der Waals surface area (Å²) in [5.74, 6) is 1.36. The Labute approximate surface area is 192 Å². The molecule has 1 N–H and O–H groups in total. The Kier molecular flexibility index (Phi) is 6.47. The zero-order chi connectivity index (χ0) is 22.7. The van der Waals surface area contributed by atoms with E-state index in [1.165, 1.54) is 5.56 Å². The number of carbonyl (C=O) groups excluding carboxylic acids is 1. The third kappa shape index (κ3) is 4.94. The number of nitrogens with one attached hydrogen (secondary N) is 1. The fraction of sp³-hybridized carbons (Fsp3) is 0.231. The standard InChI is InChI=1S/C26H25ClN2O3/c1-4-17(3)18-6-9-20(10-7-18)31-15-25(30)28-19-8-12-24-23(14-19)29-26(32-24)21-11-5-16(2)13-22(21)27/h5-14,17H,4,15H2,1-3H3,(H,28,30)/t17-/m1/s1. The number of anilines is 1. The molecule has 0 bridgehead atoms. The molecule has 0 fully saturated rings. The highest BCUT2D eigenvalue weighted by Crippen LogP contribution is 2.31. The molecule has 5 nitrogen and oxygen atoms in total. The number of oxazole rings is 1. The first-order valence-corrected chi connectivity index (χ1v) is 11.0. The third-order valence-electron chi connectivity index (χ3n) is 5.46. The van der Waals surface area contributed by atoms with E-state index in [0.29, 0.717) is 39.4 Å². The molecule has 3 aromatic carbocycles. The van der Waals surface area contributed by atoms with Gasteiger partial charge in [0.05, 0.1) is 10.6 Å². The van der Waals surface area contributed by atoms with Crippen LogP contribution in [0.4, 0.5) is 5.69 Å². The van der Waals surface area contributed by atoms with Crippen molar-refractivity contribution in [3.63, 3.8) is 0 Å². The van der Waals surface area contributed by atoms with Crippen LogP contribution in [-0.2, 0) is 4.79 Å². The van der Waals surface area contributed by atoms with Gasteiger partial charge in [0.25, 0.3) is 5.91 Å². The SMILES string of the molecule is CC[C@@H](C)c1ccc(OCC(=O)Nc2ccc3oc(-c4ccc(C)cc4Cl)nc3c2)cc1. The Morgan fingerprint density at radius 3 is 2.62 bits per heavy atom. The second-order valence-electron chi connectivity index (χ2n) is 7.90. The van der Waals surface area contributed by atoms with Gasteiger partial charge in [0.2, 0.25) is 5.89 Å². The van der Waals surface area contributed by atoms with Gasteiger partial charge in [-0.1, -0.05) is 43.6 Å².